The van der Waals surface area contributed by atoms with Crippen molar-refractivity contribution in [2.24, 2.45) is 0 Å². The van der Waals surface area contributed by atoms with Gasteiger partial charge in [-0.1, -0.05) is 11.6 Å². The molecule has 0 spiro atoms. The Kier molecular flexibility index (Phi) is 5.09. The third-order valence-corrected chi connectivity index (χ3v) is 5.38. The summed E-state index contributed by atoms with van der Waals surface area (Å²) in [6, 6.07) is 15.1. The molecule has 144 valence electrons. The van der Waals surface area contributed by atoms with Gasteiger partial charge in [0, 0.05) is 43.0 Å². The van der Waals surface area contributed by atoms with Crippen LogP contribution in [0.15, 0.2) is 48.5 Å². The predicted octanol–water partition coefficient (Wildman–Crippen LogP) is 4.06. The van der Waals surface area contributed by atoms with Crippen molar-refractivity contribution in [2.75, 3.05) is 13.1 Å². The van der Waals surface area contributed by atoms with Gasteiger partial charge in [0.2, 0.25) is 5.91 Å². The highest BCUT2D eigenvalue weighted by molar-refractivity contribution is 5.84. The molecule has 4 nitrogen and oxygen atoms in total. The minimum Gasteiger partial charge on any atom is -0.355 e. The van der Waals surface area contributed by atoms with Gasteiger partial charge in [-0.25, -0.2) is 9.37 Å². The van der Waals surface area contributed by atoms with Gasteiger partial charge in [0.1, 0.15) is 5.82 Å². The van der Waals surface area contributed by atoms with E-state index in [4.69, 9.17) is 4.98 Å². The Morgan fingerprint density at radius 1 is 1.18 bits per heavy atom. The first-order valence-electron chi connectivity index (χ1n) is 9.66. The molecule has 28 heavy (non-hydrogen) atoms. The number of hydrogen-bond donors (Lipinski definition) is 1. The van der Waals surface area contributed by atoms with E-state index in [2.05, 4.69) is 42.3 Å². The Hall–Kier alpha value is -2.79. The Bertz CT molecular complexity index is 1020. The molecule has 0 saturated carbocycles. The number of aromatic nitrogens is 1. The second kappa shape index (κ2) is 7.68. The molecule has 4 rings (SSSR count). The van der Waals surface area contributed by atoms with E-state index in [1.807, 2.05) is 6.07 Å². The molecule has 2 heterocycles. The second-order valence-corrected chi connectivity index (χ2v) is 7.57. The summed E-state index contributed by atoms with van der Waals surface area (Å²) in [7, 11) is 0. The monoisotopic (exact) mass is 377 g/mol. The molecular weight excluding hydrogens is 353 g/mol. The van der Waals surface area contributed by atoms with E-state index < -0.39 is 0 Å². The number of fused-ring (bicyclic) bond motifs is 1. The Morgan fingerprint density at radius 3 is 2.75 bits per heavy atom. The van der Waals surface area contributed by atoms with Gasteiger partial charge < -0.3 is 5.32 Å². The van der Waals surface area contributed by atoms with Gasteiger partial charge in [-0.2, -0.15) is 0 Å². The van der Waals surface area contributed by atoms with E-state index in [-0.39, 0.29) is 17.8 Å². The molecule has 1 amide bonds. The van der Waals surface area contributed by atoms with E-state index in [0.29, 0.717) is 26.1 Å². The average Bonchev–Trinajstić information content (AvgIpc) is 2.84. The summed E-state index contributed by atoms with van der Waals surface area (Å²) in [5.41, 5.74) is 4.97. The maximum atomic E-state index is 13.4. The van der Waals surface area contributed by atoms with Crippen molar-refractivity contribution >= 4 is 16.8 Å². The lowest BCUT2D eigenvalue weighted by atomic mass is 10.0. The summed E-state index contributed by atoms with van der Waals surface area (Å²) in [6.07, 6.45) is 0.496. The highest BCUT2D eigenvalue weighted by atomic mass is 19.1. The van der Waals surface area contributed by atoms with E-state index in [1.54, 1.807) is 12.1 Å². The van der Waals surface area contributed by atoms with Crippen LogP contribution in [-0.4, -0.2) is 34.9 Å². The molecular formula is C23H24FN3O. The van der Waals surface area contributed by atoms with Crippen LogP contribution in [0.2, 0.25) is 0 Å². The van der Waals surface area contributed by atoms with E-state index in [9.17, 15) is 9.18 Å². The molecule has 0 aliphatic carbocycles. The zero-order valence-electron chi connectivity index (χ0n) is 16.2. The number of carbonyl (C=O) groups excluding carboxylic acids is 1. The fourth-order valence-corrected chi connectivity index (χ4v) is 3.72. The van der Waals surface area contributed by atoms with Crippen LogP contribution in [0.25, 0.3) is 22.2 Å². The van der Waals surface area contributed by atoms with Crippen molar-refractivity contribution in [3.63, 3.8) is 0 Å². The van der Waals surface area contributed by atoms with Crippen molar-refractivity contribution in [2.45, 2.75) is 32.9 Å². The second-order valence-electron chi connectivity index (χ2n) is 7.57. The first-order valence-corrected chi connectivity index (χ1v) is 9.66. The fraction of sp³-hybridized carbons (Fsp3) is 0.304. The zero-order valence-corrected chi connectivity index (χ0v) is 16.2. The summed E-state index contributed by atoms with van der Waals surface area (Å²) in [4.78, 5) is 19.0. The lowest BCUT2D eigenvalue weighted by molar-refractivity contribution is -0.120. The van der Waals surface area contributed by atoms with Crippen LogP contribution in [0.4, 0.5) is 4.39 Å². The van der Waals surface area contributed by atoms with Gasteiger partial charge in [-0.05, 0) is 61.9 Å². The van der Waals surface area contributed by atoms with Crippen LogP contribution in [0.5, 0.6) is 0 Å². The van der Waals surface area contributed by atoms with Crippen LogP contribution in [0.3, 0.4) is 0 Å². The SMILES string of the molecule is Cc1ccc2nc(-c3ccc(F)cc3)c(CN3CCC(=O)NC[C@@H]3C)cc2c1. The largest absolute Gasteiger partial charge is 0.355 e. The van der Waals surface area contributed by atoms with Crippen molar-refractivity contribution in [1.82, 2.24) is 15.2 Å². The number of pyridine rings is 1. The number of amides is 1. The van der Waals surface area contributed by atoms with Crippen molar-refractivity contribution in [3.8, 4) is 11.3 Å². The molecule has 1 aliphatic heterocycles. The predicted molar refractivity (Wildman–Crippen MR) is 109 cm³/mol. The molecule has 0 radical (unpaired) electrons. The number of carbonyl (C=O) groups is 1. The number of nitrogens with zero attached hydrogens (tertiary/aromatic N) is 2. The number of halogens is 1. The third-order valence-electron chi connectivity index (χ3n) is 5.38. The molecule has 2 aromatic carbocycles. The summed E-state index contributed by atoms with van der Waals surface area (Å²) in [5, 5.41) is 4.06. The minimum absolute atomic E-state index is 0.0976. The van der Waals surface area contributed by atoms with Crippen molar-refractivity contribution in [3.05, 3.63) is 65.5 Å². The summed E-state index contributed by atoms with van der Waals surface area (Å²) in [5.74, 6) is -0.159. The van der Waals surface area contributed by atoms with Crippen LogP contribution in [-0.2, 0) is 11.3 Å². The van der Waals surface area contributed by atoms with Gasteiger partial charge in [-0.3, -0.25) is 9.69 Å². The molecule has 0 bridgehead atoms. The minimum atomic E-state index is -0.257. The number of aryl methyl sites for hydroxylation is 1. The van der Waals surface area contributed by atoms with Crippen LogP contribution < -0.4 is 5.32 Å². The maximum Gasteiger partial charge on any atom is 0.221 e. The van der Waals surface area contributed by atoms with E-state index in [0.717, 1.165) is 27.7 Å². The molecule has 5 heteroatoms. The number of hydrogen-bond acceptors (Lipinski definition) is 3. The number of rotatable bonds is 3. The normalized spacial score (nSPS) is 18.1. The van der Waals surface area contributed by atoms with Crippen LogP contribution in [0, 0.1) is 12.7 Å². The van der Waals surface area contributed by atoms with Crippen LogP contribution >= 0.6 is 0 Å². The lowest BCUT2D eigenvalue weighted by Gasteiger charge is -2.27. The maximum absolute atomic E-state index is 13.4. The van der Waals surface area contributed by atoms with Crippen LogP contribution in [0.1, 0.15) is 24.5 Å². The van der Waals surface area contributed by atoms with Gasteiger partial charge >= 0.3 is 0 Å². The molecule has 1 N–H and O–H groups in total. The Balaban J connectivity index is 1.78. The number of nitrogens with one attached hydrogen (secondary N) is 1. The topological polar surface area (TPSA) is 45.2 Å². The van der Waals surface area contributed by atoms with Gasteiger partial charge in [0.25, 0.3) is 0 Å². The summed E-state index contributed by atoms with van der Waals surface area (Å²) >= 11 is 0. The van der Waals surface area contributed by atoms with Gasteiger partial charge in [0.05, 0.1) is 11.2 Å². The molecule has 0 unspecified atom stereocenters. The molecule has 1 aliphatic rings. The molecule has 1 fully saturated rings. The average molecular weight is 377 g/mol. The zero-order chi connectivity index (χ0) is 19.7. The first kappa shape index (κ1) is 18.6. The highest BCUT2D eigenvalue weighted by Crippen LogP contribution is 2.28. The lowest BCUT2D eigenvalue weighted by Crippen LogP contribution is -2.37. The fourth-order valence-electron chi connectivity index (χ4n) is 3.72. The molecule has 1 atom stereocenters. The Morgan fingerprint density at radius 2 is 1.96 bits per heavy atom. The summed E-state index contributed by atoms with van der Waals surface area (Å²) < 4.78 is 13.4. The van der Waals surface area contributed by atoms with E-state index >= 15 is 0 Å². The van der Waals surface area contributed by atoms with E-state index in [1.165, 1.54) is 17.7 Å². The molecule has 1 saturated heterocycles. The van der Waals surface area contributed by atoms with Crippen molar-refractivity contribution < 1.29 is 9.18 Å². The third kappa shape index (κ3) is 3.90. The quantitative estimate of drug-likeness (QED) is 0.749. The highest BCUT2D eigenvalue weighted by Gasteiger charge is 2.22. The summed E-state index contributed by atoms with van der Waals surface area (Å²) in [6.45, 7) is 6.25. The standard InChI is InChI=1S/C23H24FN3O/c1-15-3-8-21-18(11-15)12-19(14-27-10-9-22(28)25-13-16(27)2)23(26-21)17-4-6-20(24)7-5-17/h3-8,11-12,16H,9-10,13-14H2,1-2H3,(H,25,28)/t16-/m0/s1. The smallest absolute Gasteiger partial charge is 0.221 e. The van der Waals surface area contributed by atoms with Crippen molar-refractivity contribution in [1.29, 1.82) is 0 Å². The molecule has 1 aromatic heterocycles. The first-order chi connectivity index (χ1) is 13.5. The van der Waals surface area contributed by atoms with Gasteiger partial charge in [-0.15, -0.1) is 0 Å². The van der Waals surface area contributed by atoms with Gasteiger partial charge in [0.15, 0.2) is 0 Å². The Labute approximate surface area is 164 Å². The molecule has 3 aromatic rings. The number of benzene rings is 2.